The lowest BCUT2D eigenvalue weighted by atomic mass is 10.4. The van der Waals surface area contributed by atoms with Crippen molar-refractivity contribution >= 4 is 5.97 Å². The van der Waals surface area contributed by atoms with Crippen LogP contribution in [0.3, 0.4) is 0 Å². The van der Waals surface area contributed by atoms with E-state index in [-0.39, 0.29) is 5.97 Å². The van der Waals surface area contributed by atoms with Crippen LogP contribution in [0.25, 0.3) is 0 Å². The maximum atomic E-state index is 10.9. The molecule has 0 spiro atoms. The molecule has 1 fully saturated rings. The van der Waals surface area contributed by atoms with Crippen molar-refractivity contribution in [3.8, 4) is 0 Å². The van der Waals surface area contributed by atoms with Gasteiger partial charge in [-0.05, 0) is 26.8 Å². The molecular formula is C10H17NO2. The molecule has 3 nitrogen and oxygen atoms in total. The van der Waals surface area contributed by atoms with E-state index < -0.39 is 0 Å². The van der Waals surface area contributed by atoms with Gasteiger partial charge in [0.15, 0.2) is 0 Å². The van der Waals surface area contributed by atoms with Crippen LogP contribution in [0.2, 0.25) is 0 Å². The summed E-state index contributed by atoms with van der Waals surface area (Å²) in [4.78, 5) is 13.1. The first kappa shape index (κ1) is 10.3. The van der Waals surface area contributed by atoms with Crippen molar-refractivity contribution < 1.29 is 9.53 Å². The molecule has 0 N–H and O–H groups in total. The molecule has 74 valence electrons. The third-order valence-electron chi connectivity index (χ3n) is 2.10. The van der Waals surface area contributed by atoms with E-state index in [1.54, 1.807) is 0 Å². The predicted molar refractivity (Wildman–Crippen MR) is 51.4 cm³/mol. The van der Waals surface area contributed by atoms with Crippen LogP contribution in [-0.4, -0.2) is 37.1 Å². The molecule has 0 saturated heterocycles. The summed E-state index contributed by atoms with van der Waals surface area (Å²) in [6.45, 7) is 3.09. The molecule has 1 aliphatic carbocycles. The smallest absolute Gasteiger partial charge is 0.330 e. The normalized spacial score (nSPS) is 16.8. The van der Waals surface area contributed by atoms with Gasteiger partial charge in [-0.3, -0.25) is 4.90 Å². The Morgan fingerprint density at radius 2 is 2.31 bits per heavy atom. The Morgan fingerprint density at radius 1 is 1.62 bits per heavy atom. The summed E-state index contributed by atoms with van der Waals surface area (Å²) in [5.74, 6) is -0.244. The molecule has 3 heteroatoms. The van der Waals surface area contributed by atoms with Gasteiger partial charge in [-0.15, -0.1) is 0 Å². The zero-order valence-corrected chi connectivity index (χ0v) is 8.32. The Hall–Kier alpha value is -0.830. The maximum Gasteiger partial charge on any atom is 0.330 e. The summed E-state index contributed by atoms with van der Waals surface area (Å²) in [5.41, 5.74) is 0. The van der Waals surface area contributed by atoms with Gasteiger partial charge in [-0.25, -0.2) is 4.79 Å². The predicted octanol–water partition coefficient (Wildman–Crippen LogP) is 1.20. The number of hydrogen-bond acceptors (Lipinski definition) is 3. The monoisotopic (exact) mass is 183 g/mol. The third kappa shape index (κ3) is 4.08. The summed E-state index contributed by atoms with van der Waals surface area (Å²) in [6.07, 6.45) is 5.95. The van der Waals surface area contributed by atoms with E-state index in [1.807, 2.05) is 13.0 Å². The first-order valence-electron chi connectivity index (χ1n) is 4.77. The van der Waals surface area contributed by atoms with E-state index in [0.29, 0.717) is 6.61 Å². The van der Waals surface area contributed by atoms with Crippen LogP contribution in [-0.2, 0) is 9.53 Å². The number of carbonyl (C=O) groups is 1. The number of ether oxygens (including phenoxy) is 1. The topological polar surface area (TPSA) is 29.5 Å². The van der Waals surface area contributed by atoms with Crippen LogP contribution in [0.4, 0.5) is 0 Å². The Balaban J connectivity index is 2.12. The lowest BCUT2D eigenvalue weighted by Crippen LogP contribution is -2.20. The van der Waals surface area contributed by atoms with Crippen molar-refractivity contribution in [3.05, 3.63) is 12.2 Å². The first-order chi connectivity index (χ1) is 6.24. The van der Waals surface area contributed by atoms with Gasteiger partial charge >= 0.3 is 5.97 Å². The fourth-order valence-corrected chi connectivity index (χ4v) is 1.17. The number of rotatable bonds is 5. The molecule has 0 aromatic carbocycles. The third-order valence-corrected chi connectivity index (χ3v) is 2.10. The second-order valence-corrected chi connectivity index (χ2v) is 3.33. The molecule has 0 aromatic rings. The summed E-state index contributed by atoms with van der Waals surface area (Å²) in [5, 5.41) is 0. The molecule has 1 rings (SSSR count). The number of hydrogen-bond donors (Lipinski definition) is 0. The molecule has 0 unspecified atom stereocenters. The maximum absolute atomic E-state index is 10.9. The SMILES string of the molecule is CCOC(=O)/C=C/CN(C)C1CC1. The van der Waals surface area contributed by atoms with E-state index in [1.165, 1.54) is 18.9 Å². The van der Waals surface area contributed by atoms with Crippen LogP contribution in [0.5, 0.6) is 0 Å². The van der Waals surface area contributed by atoms with Gasteiger partial charge in [0, 0.05) is 18.7 Å². The van der Waals surface area contributed by atoms with Crippen molar-refractivity contribution in [3.63, 3.8) is 0 Å². The molecule has 0 aliphatic heterocycles. The number of esters is 1. The van der Waals surface area contributed by atoms with Crippen molar-refractivity contribution in [2.75, 3.05) is 20.2 Å². The number of nitrogens with zero attached hydrogens (tertiary/aromatic N) is 1. The lowest BCUT2D eigenvalue weighted by Gasteiger charge is -2.11. The van der Waals surface area contributed by atoms with Gasteiger partial charge in [-0.1, -0.05) is 6.08 Å². The Morgan fingerprint density at radius 3 is 2.85 bits per heavy atom. The molecule has 13 heavy (non-hydrogen) atoms. The van der Waals surface area contributed by atoms with Gasteiger partial charge < -0.3 is 4.74 Å². The highest BCUT2D eigenvalue weighted by Gasteiger charge is 2.24. The summed E-state index contributed by atoms with van der Waals surface area (Å²) in [7, 11) is 2.08. The first-order valence-corrected chi connectivity index (χ1v) is 4.77. The molecular weight excluding hydrogens is 166 g/mol. The second-order valence-electron chi connectivity index (χ2n) is 3.33. The van der Waals surface area contributed by atoms with Crippen molar-refractivity contribution in [1.29, 1.82) is 0 Å². The zero-order valence-electron chi connectivity index (χ0n) is 8.32. The van der Waals surface area contributed by atoms with E-state index in [2.05, 4.69) is 11.9 Å². The fraction of sp³-hybridized carbons (Fsp3) is 0.700. The van der Waals surface area contributed by atoms with E-state index in [0.717, 1.165) is 12.6 Å². The molecule has 0 atom stereocenters. The molecule has 1 saturated carbocycles. The van der Waals surface area contributed by atoms with Crippen molar-refractivity contribution in [2.45, 2.75) is 25.8 Å². The standard InChI is InChI=1S/C10H17NO2/c1-3-13-10(12)5-4-8-11(2)9-6-7-9/h4-5,9H,3,6-8H2,1-2H3/b5-4+. The van der Waals surface area contributed by atoms with Crippen molar-refractivity contribution in [2.24, 2.45) is 0 Å². The fourth-order valence-electron chi connectivity index (χ4n) is 1.17. The summed E-state index contributed by atoms with van der Waals surface area (Å²) in [6, 6.07) is 0.742. The lowest BCUT2D eigenvalue weighted by molar-refractivity contribution is -0.137. The van der Waals surface area contributed by atoms with E-state index >= 15 is 0 Å². The summed E-state index contributed by atoms with van der Waals surface area (Å²) < 4.78 is 4.76. The molecule has 0 amide bonds. The quantitative estimate of drug-likeness (QED) is 0.474. The molecule has 0 aromatic heterocycles. The van der Waals surface area contributed by atoms with Crippen LogP contribution in [0.15, 0.2) is 12.2 Å². The average Bonchev–Trinajstić information content (AvgIpc) is 2.86. The minimum Gasteiger partial charge on any atom is -0.463 e. The van der Waals surface area contributed by atoms with E-state index in [4.69, 9.17) is 4.74 Å². The number of carbonyl (C=O) groups excluding carboxylic acids is 1. The van der Waals surface area contributed by atoms with Crippen molar-refractivity contribution in [1.82, 2.24) is 4.90 Å². The highest BCUT2D eigenvalue weighted by Crippen LogP contribution is 2.24. The van der Waals surface area contributed by atoms with Crippen LogP contribution in [0.1, 0.15) is 19.8 Å². The second kappa shape index (κ2) is 5.02. The van der Waals surface area contributed by atoms with E-state index in [9.17, 15) is 4.79 Å². The molecule has 1 aliphatic rings. The Kier molecular flexibility index (Phi) is 3.96. The van der Waals surface area contributed by atoms with Crippen LogP contribution >= 0.6 is 0 Å². The average molecular weight is 183 g/mol. The van der Waals surface area contributed by atoms with Gasteiger partial charge in [-0.2, -0.15) is 0 Å². The highest BCUT2D eigenvalue weighted by atomic mass is 16.5. The van der Waals surface area contributed by atoms with Gasteiger partial charge in [0.2, 0.25) is 0 Å². The Labute approximate surface area is 79.4 Å². The van der Waals surface area contributed by atoms with Crippen LogP contribution in [0, 0.1) is 0 Å². The van der Waals surface area contributed by atoms with Crippen LogP contribution < -0.4 is 0 Å². The largest absolute Gasteiger partial charge is 0.463 e. The zero-order chi connectivity index (χ0) is 9.68. The van der Waals surface area contributed by atoms with Gasteiger partial charge in [0.25, 0.3) is 0 Å². The molecule has 0 radical (unpaired) electrons. The minimum absolute atomic E-state index is 0.244. The molecule has 0 heterocycles. The Bertz CT molecular complexity index is 197. The summed E-state index contributed by atoms with van der Waals surface area (Å²) >= 11 is 0. The number of likely N-dealkylation sites (N-methyl/N-ethyl adjacent to an activating group) is 1. The molecule has 0 bridgehead atoms. The van der Waals surface area contributed by atoms with Gasteiger partial charge in [0.1, 0.15) is 0 Å². The highest BCUT2D eigenvalue weighted by molar-refractivity contribution is 5.81. The minimum atomic E-state index is -0.244. The van der Waals surface area contributed by atoms with Gasteiger partial charge in [0.05, 0.1) is 6.61 Å².